The number of nitrogens with zero attached hydrogens (tertiary/aromatic N) is 7. The number of hydrogen-bond donors (Lipinski definition) is 0. The van der Waals surface area contributed by atoms with Gasteiger partial charge in [-0.1, -0.05) is 6.07 Å². The van der Waals surface area contributed by atoms with Gasteiger partial charge in [-0.15, -0.1) is 0 Å². The van der Waals surface area contributed by atoms with Crippen LogP contribution in [0.2, 0.25) is 0 Å². The van der Waals surface area contributed by atoms with E-state index in [4.69, 9.17) is 9.72 Å². The number of benzene rings is 1. The van der Waals surface area contributed by atoms with Gasteiger partial charge >= 0.3 is 0 Å². The quantitative estimate of drug-likeness (QED) is 0.371. The molecule has 5 heterocycles. The van der Waals surface area contributed by atoms with Crippen LogP contribution in [0.4, 0.5) is 0 Å². The lowest BCUT2D eigenvalue weighted by atomic mass is 10.1. The van der Waals surface area contributed by atoms with Crippen molar-refractivity contribution >= 4 is 11.2 Å². The molecule has 174 valence electrons. The molecule has 0 spiro atoms. The van der Waals surface area contributed by atoms with Crippen LogP contribution in [0.1, 0.15) is 18.4 Å². The fraction of sp³-hybridized carbons (Fsp3) is 0.222. The second kappa shape index (κ2) is 9.60. The third-order valence-corrected chi connectivity index (χ3v) is 6.29. The highest BCUT2D eigenvalue weighted by molar-refractivity contribution is 5.79. The molecule has 1 aliphatic heterocycles. The Bertz CT molecular complexity index is 1400. The second-order valence-corrected chi connectivity index (χ2v) is 8.67. The Morgan fingerprint density at radius 2 is 1.69 bits per heavy atom. The van der Waals surface area contributed by atoms with Crippen LogP contribution in [0.3, 0.4) is 0 Å². The van der Waals surface area contributed by atoms with E-state index >= 15 is 0 Å². The van der Waals surface area contributed by atoms with Gasteiger partial charge in [0.25, 0.3) is 0 Å². The number of likely N-dealkylation sites (tertiary alicyclic amines) is 1. The Labute approximate surface area is 203 Å². The summed E-state index contributed by atoms with van der Waals surface area (Å²) >= 11 is 0. The normalized spacial score (nSPS) is 14.9. The van der Waals surface area contributed by atoms with Crippen LogP contribution in [0.15, 0.2) is 85.5 Å². The minimum atomic E-state index is 0.215. The van der Waals surface area contributed by atoms with Crippen LogP contribution in [0, 0.1) is 0 Å². The van der Waals surface area contributed by atoms with Crippen molar-refractivity contribution in [1.82, 2.24) is 34.6 Å². The van der Waals surface area contributed by atoms with Gasteiger partial charge < -0.3 is 4.74 Å². The number of imidazole rings is 1. The molecule has 1 saturated heterocycles. The van der Waals surface area contributed by atoms with Crippen LogP contribution in [0.25, 0.3) is 28.4 Å². The number of piperidine rings is 1. The molecule has 0 amide bonds. The Kier molecular flexibility index (Phi) is 5.86. The highest BCUT2D eigenvalue weighted by atomic mass is 16.5. The van der Waals surface area contributed by atoms with Gasteiger partial charge in [0, 0.05) is 43.9 Å². The van der Waals surface area contributed by atoms with E-state index < -0.39 is 0 Å². The highest BCUT2D eigenvalue weighted by Gasteiger charge is 2.21. The molecule has 35 heavy (non-hydrogen) atoms. The summed E-state index contributed by atoms with van der Waals surface area (Å²) in [7, 11) is 0. The average molecular weight is 464 g/mol. The molecule has 5 aromatic rings. The van der Waals surface area contributed by atoms with Gasteiger partial charge in [0.15, 0.2) is 11.5 Å². The number of fused-ring (bicyclic) bond motifs is 1. The maximum atomic E-state index is 6.33. The van der Waals surface area contributed by atoms with Crippen molar-refractivity contribution in [3.05, 3.63) is 91.0 Å². The summed E-state index contributed by atoms with van der Waals surface area (Å²) in [5.74, 6) is 1.65. The lowest BCUT2D eigenvalue weighted by Gasteiger charge is -2.32. The lowest BCUT2D eigenvalue weighted by Crippen LogP contribution is -2.37. The maximum absolute atomic E-state index is 6.33. The molecule has 6 rings (SSSR count). The van der Waals surface area contributed by atoms with Crippen LogP contribution in [-0.4, -0.2) is 53.8 Å². The fourth-order valence-electron chi connectivity index (χ4n) is 4.55. The van der Waals surface area contributed by atoms with Crippen LogP contribution in [-0.2, 0) is 6.54 Å². The molecule has 0 bridgehead atoms. The minimum Gasteiger partial charge on any atom is -0.490 e. The summed E-state index contributed by atoms with van der Waals surface area (Å²) in [6.07, 6.45) is 9.37. The van der Waals surface area contributed by atoms with Gasteiger partial charge in [0.2, 0.25) is 0 Å². The van der Waals surface area contributed by atoms with Gasteiger partial charge in [-0.3, -0.25) is 14.5 Å². The maximum Gasteiger partial charge on any atom is 0.165 e. The molecule has 1 fully saturated rings. The van der Waals surface area contributed by atoms with Crippen LogP contribution in [0.5, 0.6) is 5.75 Å². The smallest absolute Gasteiger partial charge is 0.165 e. The topological polar surface area (TPSA) is 81.9 Å². The predicted molar refractivity (Wildman–Crippen MR) is 133 cm³/mol. The van der Waals surface area contributed by atoms with Crippen molar-refractivity contribution in [2.75, 3.05) is 13.1 Å². The average Bonchev–Trinajstić information content (AvgIpc) is 3.31. The molecule has 0 saturated carbocycles. The third kappa shape index (κ3) is 4.61. The summed E-state index contributed by atoms with van der Waals surface area (Å²) < 4.78 is 8.38. The van der Waals surface area contributed by atoms with E-state index in [2.05, 4.69) is 37.2 Å². The molecule has 0 N–H and O–H groups in total. The summed E-state index contributed by atoms with van der Waals surface area (Å²) in [5.41, 5.74) is 4.61. The fourth-order valence-corrected chi connectivity index (χ4v) is 4.55. The molecule has 0 aliphatic carbocycles. The summed E-state index contributed by atoms with van der Waals surface area (Å²) in [6, 6.07) is 19.9. The second-order valence-electron chi connectivity index (χ2n) is 8.67. The SMILES string of the molecule is c1ccc(-c2nc3cccnc3n2-c2ccc(OC3CCN(Cc4ccnnc4)CC3)cc2)nc1. The van der Waals surface area contributed by atoms with E-state index in [1.807, 2.05) is 59.3 Å². The first-order valence-corrected chi connectivity index (χ1v) is 11.8. The first kappa shape index (κ1) is 21.4. The standard InChI is InChI=1S/C27H25N7O/c1-2-13-28-24(4-1)27-32-25-5-3-14-29-26(25)34(27)21-6-8-22(9-7-21)35-23-11-16-33(17-12-23)19-20-10-15-30-31-18-20/h1-10,13-15,18,23H,11-12,16-17,19H2. The molecule has 1 aliphatic rings. The van der Waals surface area contributed by atoms with Crippen molar-refractivity contribution in [3.8, 4) is 23.0 Å². The lowest BCUT2D eigenvalue weighted by molar-refractivity contribution is 0.0967. The number of pyridine rings is 2. The highest BCUT2D eigenvalue weighted by Crippen LogP contribution is 2.28. The Morgan fingerprint density at radius 1 is 0.829 bits per heavy atom. The molecule has 0 radical (unpaired) electrons. The largest absolute Gasteiger partial charge is 0.490 e. The van der Waals surface area contributed by atoms with E-state index in [0.717, 1.165) is 66.6 Å². The molecule has 0 atom stereocenters. The number of rotatable bonds is 6. The predicted octanol–water partition coefficient (Wildman–Crippen LogP) is 4.32. The molecule has 0 unspecified atom stereocenters. The van der Waals surface area contributed by atoms with E-state index in [1.54, 1.807) is 18.6 Å². The Morgan fingerprint density at radius 3 is 2.46 bits per heavy atom. The zero-order valence-electron chi connectivity index (χ0n) is 19.2. The Balaban J connectivity index is 1.17. The molecular weight excluding hydrogens is 438 g/mol. The molecule has 1 aromatic carbocycles. The van der Waals surface area contributed by atoms with Gasteiger partial charge in [0.05, 0.1) is 6.20 Å². The van der Waals surface area contributed by atoms with Gasteiger partial charge in [-0.25, -0.2) is 9.97 Å². The van der Waals surface area contributed by atoms with E-state index in [-0.39, 0.29) is 6.10 Å². The minimum absolute atomic E-state index is 0.215. The summed E-state index contributed by atoms with van der Waals surface area (Å²) in [6.45, 7) is 2.92. The van der Waals surface area contributed by atoms with E-state index in [1.165, 1.54) is 5.56 Å². The van der Waals surface area contributed by atoms with Crippen molar-refractivity contribution in [2.24, 2.45) is 0 Å². The van der Waals surface area contributed by atoms with Crippen LogP contribution < -0.4 is 4.74 Å². The molecule has 4 aromatic heterocycles. The van der Waals surface area contributed by atoms with Crippen molar-refractivity contribution in [1.29, 1.82) is 0 Å². The summed E-state index contributed by atoms with van der Waals surface area (Å²) in [4.78, 5) is 16.3. The number of hydrogen-bond acceptors (Lipinski definition) is 7. The molecular formula is C27H25N7O. The summed E-state index contributed by atoms with van der Waals surface area (Å²) in [5, 5.41) is 7.83. The van der Waals surface area contributed by atoms with Crippen molar-refractivity contribution in [2.45, 2.75) is 25.5 Å². The van der Waals surface area contributed by atoms with Gasteiger partial charge in [-0.2, -0.15) is 10.2 Å². The molecule has 8 nitrogen and oxygen atoms in total. The first-order valence-electron chi connectivity index (χ1n) is 11.8. The number of aromatic nitrogens is 6. The van der Waals surface area contributed by atoms with Crippen molar-refractivity contribution in [3.63, 3.8) is 0 Å². The van der Waals surface area contributed by atoms with Gasteiger partial charge in [-0.05, 0) is 73.0 Å². The first-order chi connectivity index (χ1) is 17.3. The van der Waals surface area contributed by atoms with E-state index in [9.17, 15) is 0 Å². The monoisotopic (exact) mass is 463 g/mol. The third-order valence-electron chi connectivity index (χ3n) is 6.29. The van der Waals surface area contributed by atoms with Crippen LogP contribution >= 0.6 is 0 Å². The van der Waals surface area contributed by atoms with Crippen molar-refractivity contribution < 1.29 is 4.74 Å². The zero-order valence-corrected chi connectivity index (χ0v) is 19.2. The van der Waals surface area contributed by atoms with E-state index in [0.29, 0.717) is 0 Å². The molecule has 8 heteroatoms. The van der Waals surface area contributed by atoms with Gasteiger partial charge in [0.1, 0.15) is 23.1 Å². The zero-order chi connectivity index (χ0) is 23.5. The number of ether oxygens (including phenoxy) is 1. The Hall–Kier alpha value is -4.17.